The van der Waals surface area contributed by atoms with E-state index in [1.807, 2.05) is 36.4 Å². The standard InChI is InChI=1S/4C4H3O.2Mg/c4*1-2-4-5-3-1;;/h2*1,3-4H;2*1-3H;;. The zero-order valence-corrected chi connectivity index (χ0v) is 14.8. The summed E-state index contributed by atoms with van der Waals surface area (Å²) in [6, 6.07) is 11.8. The molecule has 0 saturated carbocycles. The van der Waals surface area contributed by atoms with Crippen LogP contribution < -0.4 is 15.2 Å². The molecule has 0 unspecified atom stereocenters. The first kappa shape index (κ1) is 15.5. The van der Waals surface area contributed by atoms with Gasteiger partial charge < -0.3 is 17.7 Å². The molecule has 4 nitrogen and oxygen atoms in total. The van der Waals surface area contributed by atoms with Crippen molar-refractivity contribution < 1.29 is 17.7 Å². The summed E-state index contributed by atoms with van der Waals surface area (Å²) in [6.45, 7) is 0. The van der Waals surface area contributed by atoms with E-state index in [1.54, 1.807) is 37.6 Å². The molecule has 4 heterocycles. The maximum atomic E-state index is 5.21. The monoisotopic (exact) mass is 316 g/mol. The molecule has 104 valence electrons. The Kier molecular flexibility index (Phi) is 5.88. The Bertz CT molecular complexity index is 595. The normalized spacial score (nSPS) is 9.45. The minimum Gasteiger partial charge on any atom is -0.501 e. The smallest absolute Gasteiger partial charge is 0.501 e. The first-order valence-corrected chi connectivity index (χ1v) is 9.80. The number of rotatable bonds is 4. The largest absolute Gasteiger partial charge is 0.564 e. The third-order valence-corrected chi connectivity index (χ3v) is 6.20. The van der Waals surface area contributed by atoms with Crippen molar-refractivity contribution in [1.82, 2.24) is 0 Å². The molecule has 22 heavy (non-hydrogen) atoms. The summed E-state index contributed by atoms with van der Waals surface area (Å²) in [5.41, 5.74) is 0. The van der Waals surface area contributed by atoms with E-state index in [2.05, 4.69) is 0 Å². The van der Waals surface area contributed by atoms with Crippen molar-refractivity contribution in [3.8, 4) is 0 Å². The van der Waals surface area contributed by atoms with Gasteiger partial charge in [-0.05, 0) is 32.0 Å². The highest BCUT2D eigenvalue weighted by Gasteiger charge is 2.07. The average Bonchev–Trinajstić information content (AvgIpc) is 3.31. The molecule has 0 amide bonds. The van der Waals surface area contributed by atoms with Gasteiger partial charge in [-0.2, -0.15) is 0 Å². The Morgan fingerprint density at radius 2 is 1.14 bits per heavy atom. The molecule has 0 aromatic carbocycles. The van der Waals surface area contributed by atoms with Gasteiger partial charge in [-0.15, -0.1) is 7.39 Å². The molecule has 0 atom stereocenters. The summed E-state index contributed by atoms with van der Waals surface area (Å²) in [7, 11) is 0. The van der Waals surface area contributed by atoms with Crippen LogP contribution in [0.3, 0.4) is 0 Å². The van der Waals surface area contributed by atoms with Crippen LogP contribution in [0.25, 0.3) is 0 Å². The van der Waals surface area contributed by atoms with Crippen LogP contribution in [-0.2, 0) is 0 Å². The Morgan fingerprint density at radius 1 is 0.591 bits per heavy atom. The van der Waals surface area contributed by atoms with E-state index in [9.17, 15) is 0 Å². The lowest BCUT2D eigenvalue weighted by molar-refractivity contribution is 0.568. The van der Waals surface area contributed by atoms with Crippen LogP contribution in [0.5, 0.6) is 0 Å². The van der Waals surface area contributed by atoms with Crippen LogP contribution in [0.2, 0.25) is 0 Å². The highest BCUT2D eigenvalue weighted by molar-refractivity contribution is 6.67. The number of furan rings is 4. The van der Waals surface area contributed by atoms with Crippen molar-refractivity contribution in [2.45, 2.75) is 0 Å². The van der Waals surface area contributed by atoms with Gasteiger partial charge in [-0.25, -0.2) is 0 Å². The van der Waals surface area contributed by atoms with Gasteiger partial charge in [-0.3, -0.25) is 0 Å². The third-order valence-electron chi connectivity index (χ3n) is 3.08. The molecule has 4 aromatic heterocycles. The van der Waals surface area contributed by atoms with Gasteiger partial charge in [0.1, 0.15) is 0 Å². The molecule has 0 radical (unpaired) electrons. The minimum atomic E-state index is -0.483. The first-order valence-electron chi connectivity index (χ1n) is 6.97. The van der Waals surface area contributed by atoms with Crippen LogP contribution in [0.1, 0.15) is 0 Å². The predicted molar refractivity (Wildman–Crippen MR) is 84.9 cm³/mol. The maximum Gasteiger partial charge on any atom is 0.564 e. The van der Waals surface area contributed by atoms with E-state index in [0.29, 0.717) is 0 Å². The first-order chi connectivity index (χ1) is 10.9. The summed E-state index contributed by atoms with van der Waals surface area (Å²) in [5.74, 6) is 0. The summed E-state index contributed by atoms with van der Waals surface area (Å²) in [4.78, 5) is 0. The van der Waals surface area contributed by atoms with Crippen LogP contribution in [-0.4, -0.2) is 40.7 Å². The van der Waals surface area contributed by atoms with Crippen LogP contribution in [0.4, 0.5) is 0 Å². The van der Waals surface area contributed by atoms with E-state index in [-0.39, 0.29) is 20.4 Å². The average molecular weight is 317 g/mol. The fourth-order valence-corrected chi connectivity index (χ4v) is 4.49. The van der Waals surface area contributed by atoms with Gasteiger partial charge in [0.15, 0.2) is 0 Å². The third kappa shape index (κ3) is 4.84. The molecular formula is C16H12Mg2O4. The summed E-state index contributed by atoms with van der Waals surface area (Å²) < 4.78 is 25.1. The fraction of sp³-hybridized carbons (Fsp3) is 0. The van der Waals surface area contributed by atoms with Gasteiger partial charge in [0.25, 0.3) is 0 Å². The number of hydrogen-bond acceptors (Lipinski definition) is 4. The molecule has 0 fully saturated rings. The molecule has 0 N–H and O–H groups in total. The second-order valence-corrected chi connectivity index (χ2v) is 8.51. The molecular weight excluding hydrogens is 305 g/mol. The van der Waals surface area contributed by atoms with Gasteiger partial charge in [-0.1, -0.05) is 12.1 Å². The highest BCUT2D eigenvalue weighted by atomic mass is 24.5. The Hall–Kier alpha value is -1.35. The van der Waals surface area contributed by atoms with E-state index in [4.69, 9.17) is 17.7 Å². The molecule has 4 aromatic rings. The van der Waals surface area contributed by atoms with Crippen molar-refractivity contribution in [1.29, 1.82) is 0 Å². The van der Waals surface area contributed by atoms with Gasteiger partial charge >= 0.3 is 40.7 Å². The minimum absolute atomic E-state index is 0.337. The fourth-order valence-electron chi connectivity index (χ4n) is 2.02. The van der Waals surface area contributed by atoms with Crippen LogP contribution in [0, 0.1) is 0 Å². The second kappa shape index (κ2) is 8.33. The molecule has 0 spiro atoms. The topological polar surface area (TPSA) is 52.6 Å². The van der Waals surface area contributed by atoms with Gasteiger partial charge in [0.05, 0.1) is 37.6 Å². The van der Waals surface area contributed by atoms with Crippen molar-refractivity contribution in [2.24, 2.45) is 0 Å². The summed E-state index contributed by atoms with van der Waals surface area (Å²) in [6.07, 6.45) is 10.4. The predicted octanol–water partition coefficient (Wildman–Crippen LogP) is 1.06. The molecule has 4 rings (SSSR count). The SMILES string of the molecule is c1c[c]([Mg][c]2ccoc2)co1.c1co[c]([Mg][c]2ccco2)c1. The maximum absolute atomic E-state index is 5.21. The molecule has 0 aliphatic heterocycles. The van der Waals surface area contributed by atoms with E-state index < -0.39 is 20.4 Å². The molecule has 0 aliphatic carbocycles. The lowest BCUT2D eigenvalue weighted by Gasteiger charge is -1.87. The Balaban J connectivity index is 0.000000131. The zero-order chi connectivity index (χ0) is 15.0. The van der Waals surface area contributed by atoms with E-state index >= 15 is 0 Å². The van der Waals surface area contributed by atoms with E-state index in [1.165, 1.54) is 7.39 Å². The van der Waals surface area contributed by atoms with Crippen LogP contribution in [0.15, 0.2) is 91.6 Å². The highest BCUT2D eigenvalue weighted by Crippen LogP contribution is 1.85. The summed E-state index contributed by atoms with van der Waals surface area (Å²) >= 11 is -0.820. The number of hydrogen-bond donors (Lipinski definition) is 0. The molecule has 0 bridgehead atoms. The summed E-state index contributed by atoms with van der Waals surface area (Å²) in [5, 5.41) is 0. The van der Waals surface area contributed by atoms with Crippen LogP contribution >= 0.6 is 0 Å². The quantitative estimate of drug-likeness (QED) is 0.528. The van der Waals surface area contributed by atoms with E-state index in [0.717, 1.165) is 7.78 Å². The Labute approximate surface area is 146 Å². The van der Waals surface area contributed by atoms with Crippen molar-refractivity contribution in [2.75, 3.05) is 0 Å². The molecule has 6 heteroatoms. The van der Waals surface area contributed by atoms with Crippen molar-refractivity contribution in [3.05, 3.63) is 74.0 Å². The second-order valence-electron chi connectivity index (χ2n) is 4.78. The lowest BCUT2D eigenvalue weighted by atomic mass is 10.6. The van der Waals surface area contributed by atoms with Crippen molar-refractivity contribution in [3.63, 3.8) is 0 Å². The molecule has 0 aliphatic rings. The Morgan fingerprint density at radius 3 is 1.50 bits per heavy atom. The van der Waals surface area contributed by atoms with Crippen molar-refractivity contribution >= 4 is 55.9 Å². The lowest BCUT2D eigenvalue weighted by Crippen LogP contribution is -2.23. The van der Waals surface area contributed by atoms with Gasteiger partial charge in [0.2, 0.25) is 0 Å². The van der Waals surface area contributed by atoms with Gasteiger partial charge in [0, 0.05) is 0 Å². The molecule has 0 saturated heterocycles. The zero-order valence-electron chi connectivity index (χ0n) is 12.0.